The highest BCUT2D eigenvalue weighted by molar-refractivity contribution is 7.92. The molecule has 10 heteroatoms. The molecule has 0 aliphatic carbocycles. The maximum Gasteiger partial charge on any atom is 0.256 e. The lowest BCUT2D eigenvalue weighted by Crippen LogP contribution is -2.14. The minimum Gasteiger partial charge on any atom is -0.322 e. The summed E-state index contributed by atoms with van der Waals surface area (Å²) < 4.78 is 26.8. The number of hydrogen-bond donors (Lipinski definition) is 2. The van der Waals surface area contributed by atoms with E-state index in [1.807, 2.05) is 24.4 Å². The van der Waals surface area contributed by atoms with Gasteiger partial charge in [-0.2, -0.15) is 5.10 Å². The van der Waals surface area contributed by atoms with Crippen molar-refractivity contribution >= 4 is 49.7 Å². The Balaban J connectivity index is 1.59. The zero-order valence-corrected chi connectivity index (χ0v) is 17.9. The van der Waals surface area contributed by atoms with Gasteiger partial charge in [0.25, 0.3) is 5.91 Å². The lowest BCUT2D eigenvalue weighted by molar-refractivity contribution is 0.102. The van der Waals surface area contributed by atoms with Crippen LogP contribution in [0.25, 0.3) is 11.0 Å². The number of anilines is 2. The minimum absolute atomic E-state index is 0.287. The highest BCUT2D eigenvalue weighted by Gasteiger charge is 2.16. The van der Waals surface area contributed by atoms with E-state index >= 15 is 0 Å². The van der Waals surface area contributed by atoms with Crippen molar-refractivity contribution in [3.05, 3.63) is 70.2 Å². The number of benzene rings is 1. The third-order valence-electron chi connectivity index (χ3n) is 4.31. The number of aromatic nitrogens is 3. The van der Waals surface area contributed by atoms with E-state index in [1.165, 1.54) is 0 Å². The van der Waals surface area contributed by atoms with Crippen molar-refractivity contribution in [3.8, 4) is 0 Å². The van der Waals surface area contributed by atoms with E-state index in [2.05, 4.69) is 20.1 Å². The first-order valence-corrected chi connectivity index (χ1v) is 11.8. The van der Waals surface area contributed by atoms with Crippen LogP contribution in [0.3, 0.4) is 0 Å². The maximum atomic E-state index is 12.9. The van der Waals surface area contributed by atoms with Crippen LogP contribution in [-0.4, -0.2) is 35.3 Å². The number of carbonyl (C=O) groups is 1. The van der Waals surface area contributed by atoms with Gasteiger partial charge in [0.05, 0.1) is 29.9 Å². The topological polar surface area (TPSA) is 106 Å². The van der Waals surface area contributed by atoms with Gasteiger partial charge in [-0.3, -0.25) is 9.52 Å². The highest BCUT2D eigenvalue weighted by Crippen LogP contribution is 2.22. The Morgan fingerprint density at radius 1 is 1.17 bits per heavy atom. The predicted molar refractivity (Wildman–Crippen MR) is 119 cm³/mol. The summed E-state index contributed by atoms with van der Waals surface area (Å²) in [6, 6.07) is 12.2. The first kappa shape index (κ1) is 20.0. The monoisotopic (exact) mass is 441 g/mol. The zero-order valence-electron chi connectivity index (χ0n) is 16.3. The summed E-state index contributed by atoms with van der Waals surface area (Å²) in [6.07, 6.45) is 2.74. The van der Waals surface area contributed by atoms with Gasteiger partial charge < -0.3 is 5.32 Å². The number of aryl methyl sites for hydroxylation is 1. The Hall–Kier alpha value is -3.24. The number of amides is 1. The lowest BCUT2D eigenvalue weighted by atomic mass is 10.1. The summed E-state index contributed by atoms with van der Waals surface area (Å²) in [5.41, 5.74) is 2.82. The van der Waals surface area contributed by atoms with Crippen LogP contribution in [0.5, 0.6) is 0 Å². The van der Waals surface area contributed by atoms with Gasteiger partial charge in [-0.15, -0.1) is 11.3 Å². The van der Waals surface area contributed by atoms with Crippen molar-refractivity contribution in [1.29, 1.82) is 0 Å². The van der Waals surface area contributed by atoms with E-state index in [4.69, 9.17) is 0 Å². The highest BCUT2D eigenvalue weighted by atomic mass is 32.2. The molecule has 0 fully saturated rings. The summed E-state index contributed by atoms with van der Waals surface area (Å²) in [5.74, 6) is -0.287. The molecule has 0 aliphatic heterocycles. The molecular formula is C20H19N5O3S2. The molecule has 0 saturated carbocycles. The van der Waals surface area contributed by atoms with Gasteiger partial charge in [-0.25, -0.2) is 18.1 Å². The van der Waals surface area contributed by atoms with Crippen molar-refractivity contribution in [2.75, 3.05) is 16.3 Å². The van der Waals surface area contributed by atoms with Crippen LogP contribution in [0.1, 0.15) is 20.9 Å². The van der Waals surface area contributed by atoms with Crippen molar-refractivity contribution in [2.24, 2.45) is 0 Å². The van der Waals surface area contributed by atoms with E-state index in [9.17, 15) is 13.2 Å². The molecule has 0 saturated heterocycles. The quantitative estimate of drug-likeness (QED) is 0.477. The van der Waals surface area contributed by atoms with Crippen molar-refractivity contribution < 1.29 is 13.2 Å². The number of sulfonamides is 1. The largest absolute Gasteiger partial charge is 0.322 e. The molecule has 0 bridgehead atoms. The normalized spacial score (nSPS) is 11.5. The molecule has 8 nitrogen and oxygen atoms in total. The lowest BCUT2D eigenvalue weighted by Gasteiger charge is -2.09. The van der Waals surface area contributed by atoms with E-state index in [-0.39, 0.29) is 5.91 Å². The van der Waals surface area contributed by atoms with Crippen molar-refractivity contribution in [3.63, 3.8) is 0 Å². The van der Waals surface area contributed by atoms with E-state index in [1.54, 1.807) is 52.5 Å². The number of fused-ring (bicyclic) bond motifs is 1. The number of pyridine rings is 1. The SMILES string of the molecule is Cc1cc(C(=O)Nc2ccc(NS(C)(=O)=O)cc2)c2cnn(Cc3cccs3)c2n1. The standard InChI is InChI=1S/C20H19N5O3S2/c1-13-10-17(18-11-21-25(19(18)22-13)12-16-4-3-9-29-16)20(26)23-14-5-7-15(8-6-14)24-30(2,27)28/h3-11,24H,12H2,1-2H3,(H,23,26). The van der Waals surface area contributed by atoms with Gasteiger partial charge >= 0.3 is 0 Å². The smallest absolute Gasteiger partial charge is 0.256 e. The fraction of sp³-hybridized carbons (Fsp3) is 0.150. The molecule has 1 aromatic carbocycles. The van der Waals surface area contributed by atoms with Gasteiger partial charge in [-0.1, -0.05) is 6.07 Å². The summed E-state index contributed by atoms with van der Waals surface area (Å²) in [5, 5.41) is 9.95. The first-order chi connectivity index (χ1) is 14.3. The summed E-state index contributed by atoms with van der Waals surface area (Å²) in [7, 11) is -3.35. The van der Waals surface area contributed by atoms with E-state index in [0.29, 0.717) is 40.2 Å². The van der Waals surface area contributed by atoms with Crippen molar-refractivity contribution in [1.82, 2.24) is 14.8 Å². The molecule has 3 heterocycles. The van der Waals surface area contributed by atoms with Gasteiger partial charge in [0.1, 0.15) is 0 Å². The molecule has 3 aromatic heterocycles. The first-order valence-electron chi connectivity index (χ1n) is 9.03. The third kappa shape index (κ3) is 4.50. The molecule has 0 aliphatic rings. The Morgan fingerprint density at radius 2 is 1.90 bits per heavy atom. The molecule has 0 radical (unpaired) electrons. The van der Waals surface area contributed by atoms with Crippen LogP contribution in [0, 0.1) is 6.92 Å². The molecule has 2 N–H and O–H groups in total. The number of carbonyl (C=O) groups excluding carboxylic acids is 1. The predicted octanol–water partition coefficient (Wildman–Crippen LogP) is 3.47. The fourth-order valence-electron chi connectivity index (χ4n) is 3.06. The van der Waals surface area contributed by atoms with Crippen LogP contribution in [-0.2, 0) is 16.6 Å². The van der Waals surface area contributed by atoms with Crippen molar-refractivity contribution in [2.45, 2.75) is 13.5 Å². The van der Waals surface area contributed by atoms with Crippen LogP contribution >= 0.6 is 11.3 Å². The summed E-state index contributed by atoms with van der Waals surface area (Å²) >= 11 is 1.64. The molecule has 4 aromatic rings. The van der Waals surface area contributed by atoms with Gasteiger partial charge in [0.2, 0.25) is 10.0 Å². The van der Waals surface area contributed by atoms with Gasteiger partial charge in [0.15, 0.2) is 5.65 Å². The van der Waals surface area contributed by atoms with Crippen LogP contribution in [0.2, 0.25) is 0 Å². The average Bonchev–Trinajstić information content (AvgIpc) is 3.32. The molecule has 154 valence electrons. The molecule has 0 spiro atoms. The second-order valence-corrected chi connectivity index (χ2v) is 9.62. The summed E-state index contributed by atoms with van der Waals surface area (Å²) in [6.45, 7) is 2.43. The summed E-state index contributed by atoms with van der Waals surface area (Å²) in [4.78, 5) is 18.7. The Labute approximate surface area is 177 Å². The van der Waals surface area contributed by atoms with Gasteiger partial charge in [0, 0.05) is 21.9 Å². The second kappa shape index (κ2) is 7.88. The molecule has 1 amide bonds. The van der Waals surface area contributed by atoms with Crippen LogP contribution in [0.4, 0.5) is 11.4 Å². The molecule has 0 unspecified atom stereocenters. The second-order valence-electron chi connectivity index (χ2n) is 6.84. The Kier molecular flexibility index (Phi) is 5.27. The Morgan fingerprint density at radius 3 is 2.57 bits per heavy atom. The zero-order chi connectivity index (χ0) is 21.3. The number of nitrogens with zero attached hydrogens (tertiary/aromatic N) is 3. The molecular weight excluding hydrogens is 422 g/mol. The number of thiophene rings is 1. The molecule has 30 heavy (non-hydrogen) atoms. The molecule has 4 rings (SSSR count). The van der Waals surface area contributed by atoms with Crippen LogP contribution < -0.4 is 10.0 Å². The van der Waals surface area contributed by atoms with Gasteiger partial charge in [-0.05, 0) is 48.7 Å². The van der Waals surface area contributed by atoms with E-state index in [0.717, 1.165) is 11.1 Å². The Bertz CT molecular complexity index is 1310. The van der Waals surface area contributed by atoms with E-state index < -0.39 is 10.0 Å². The average molecular weight is 442 g/mol. The fourth-order valence-corrected chi connectivity index (χ4v) is 4.31. The maximum absolute atomic E-state index is 12.9. The number of rotatable bonds is 6. The molecule has 0 atom stereocenters. The van der Waals surface area contributed by atoms with Crippen LogP contribution in [0.15, 0.2) is 54.0 Å². The number of nitrogens with one attached hydrogen (secondary N) is 2. The number of hydrogen-bond acceptors (Lipinski definition) is 6. The minimum atomic E-state index is -3.35. The third-order valence-corrected chi connectivity index (χ3v) is 5.78.